The van der Waals surface area contributed by atoms with Gasteiger partial charge in [0, 0.05) is 13.2 Å². The van der Waals surface area contributed by atoms with Crippen molar-refractivity contribution in [2.24, 2.45) is 0 Å². The van der Waals surface area contributed by atoms with E-state index in [2.05, 4.69) is 15.3 Å². The van der Waals surface area contributed by atoms with Crippen LogP contribution in [0.15, 0.2) is 6.07 Å². The summed E-state index contributed by atoms with van der Waals surface area (Å²) in [6.45, 7) is -0.207. The molecule has 1 aromatic heterocycles. The minimum absolute atomic E-state index is 0.113. The maximum atomic E-state index is 12.5. The molecule has 1 rings (SSSR count). The summed E-state index contributed by atoms with van der Waals surface area (Å²) in [5, 5.41) is 11.6. The molecule has 102 valence electrons. The van der Waals surface area contributed by atoms with Crippen LogP contribution in [0.3, 0.4) is 0 Å². The first-order valence-corrected chi connectivity index (χ1v) is 4.95. The molecule has 0 spiro atoms. The highest BCUT2D eigenvalue weighted by atomic mass is 19.4. The third kappa shape index (κ3) is 4.00. The Hall–Kier alpha value is -1.61. The minimum atomic E-state index is -4.61. The summed E-state index contributed by atoms with van der Waals surface area (Å²) in [5.74, 6) is -0.618. The number of anilines is 2. The first-order chi connectivity index (χ1) is 8.36. The van der Waals surface area contributed by atoms with Gasteiger partial charge in [0.1, 0.15) is 5.82 Å². The van der Waals surface area contributed by atoms with Crippen LogP contribution in [0.4, 0.5) is 24.9 Å². The van der Waals surface area contributed by atoms with Gasteiger partial charge in [-0.1, -0.05) is 0 Å². The van der Waals surface area contributed by atoms with E-state index in [1.165, 1.54) is 7.11 Å². The number of rotatable bonds is 5. The molecular formula is C9H13F3N4O2. The summed E-state index contributed by atoms with van der Waals surface area (Å²) in [4.78, 5) is 6.70. The van der Waals surface area contributed by atoms with Crippen LogP contribution in [-0.4, -0.2) is 41.4 Å². The van der Waals surface area contributed by atoms with E-state index >= 15 is 0 Å². The van der Waals surface area contributed by atoms with Crippen LogP contribution >= 0.6 is 0 Å². The van der Waals surface area contributed by atoms with Gasteiger partial charge in [-0.2, -0.15) is 18.2 Å². The van der Waals surface area contributed by atoms with Gasteiger partial charge in [0.25, 0.3) is 0 Å². The highest BCUT2D eigenvalue weighted by Crippen LogP contribution is 2.29. The lowest BCUT2D eigenvalue weighted by Gasteiger charge is -2.16. The zero-order valence-electron chi connectivity index (χ0n) is 9.53. The number of nitrogen functional groups attached to an aromatic ring is 1. The lowest BCUT2D eigenvalue weighted by atomic mass is 10.3. The quantitative estimate of drug-likeness (QED) is 0.718. The first kappa shape index (κ1) is 14.5. The summed E-state index contributed by atoms with van der Waals surface area (Å²) in [6.07, 6.45) is -4.61. The number of nitrogens with one attached hydrogen (secondary N) is 1. The molecule has 0 bridgehead atoms. The van der Waals surface area contributed by atoms with E-state index in [4.69, 9.17) is 15.6 Å². The highest BCUT2D eigenvalue weighted by Gasteiger charge is 2.33. The number of aliphatic hydroxyl groups excluding tert-OH is 1. The number of ether oxygens (including phenoxy) is 1. The van der Waals surface area contributed by atoms with Crippen molar-refractivity contribution in [3.05, 3.63) is 11.8 Å². The number of aromatic nitrogens is 2. The molecule has 4 N–H and O–H groups in total. The van der Waals surface area contributed by atoms with E-state index < -0.39 is 23.9 Å². The van der Waals surface area contributed by atoms with E-state index in [-0.39, 0.29) is 19.0 Å². The standard InChI is InChI=1S/C9H13F3N4O2/c1-18-4-5(3-17)14-7-2-6(9(10,11)12)15-8(13)16-7/h2,5,17H,3-4H2,1H3,(H3,13,14,15,16). The van der Waals surface area contributed by atoms with Crippen molar-refractivity contribution in [3.8, 4) is 0 Å². The van der Waals surface area contributed by atoms with Crippen molar-refractivity contribution in [3.63, 3.8) is 0 Å². The summed E-state index contributed by atoms with van der Waals surface area (Å²) < 4.78 is 42.2. The zero-order valence-corrected chi connectivity index (χ0v) is 9.53. The van der Waals surface area contributed by atoms with Crippen molar-refractivity contribution in [1.29, 1.82) is 0 Å². The van der Waals surface area contributed by atoms with Gasteiger partial charge in [0.2, 0.25) is 5.95 Å². The molecule has 0 aliphatic rings. The van der Waals surface area contributed by atoms with E-state index in [0.717, 1.165) is 0 Å². The Kier molecular flexibility index (Phi) is 4.68. The number of nitrogens with zero attached hydrogens (tertiary/aromatic N) is 2. The van der Waals surface area contributed by atoms with Crippen LogP contribution < -0.4 is 11.1 Å². The average molecular weight is 266 g/mol. The number of methoxy groups -OCH3 is 1. The largest absolute Gasteiger partial charge is 0.433 e. The molecule has 9 heteroatoms. The smallest absolute Gasteiger partial charge is 0.394 e. The Morgan fingerprint density at radius 1 is 1.50 bits per heavy atom. The minimum Gasteiger partial charge on any atom is -0.394 e. The van der Waals surface area contributed by atoms with Crippen LogP contribution in [0.2, 0.25) is 0 Å². The van der Waals surface area contributed by atoms with Crippen LogP contribution in [0.25, 0.3) is 0 Å². The van der Waals surface area contributed by atoms with Gasteiger partial charge >= 0.3 is 6.18 Å². The lowest BCUT2D eigenvalue weighted by molar-refractivity contribution is -0.141. The van der Waals surface area contributed by atoms with E-state index in [1.807, 2.05) is 0 Å². The van der Waals surface area contributed by atoms with Gasteiger partial charge in [-0.05, 0) is 0 Å². The molecule has 0 amide bonds. The molecule has 0 radical (unpaired) electrons. The molecular weight excluding hydrogens is 253 g/mol. The van der Waals surface area contributed by atoms with Crippen LogP contribution in [0, 0.1) is 0 Å². The predicted octanol–water partition coefficient (Wildman–Crippen LogP) is 0.497. The van der Waals surface area contributed by atoms with Crippen molar-refractivity contribution >= 4 is 11.8 Å². The van der Waals surface area contributed by atoms with Gasteiger partial charge in [-0.3, -0.25) is 0 Å². The second-order valence-corrected chi connectivity index (χ2v) is 3.47. The molecule has 18 heavy (non-hydrogen) atoms. The SMILES string of the molecule is COCC(CO)Nc1cc(C(F)(F)F)nc(N)n1. The number of aliphatic hydroxyl groups is 1. The lowest BCUT2D eigenvalue weighted by Crippen LogP contribution is -2.29. The second kappa shape index (κ2) is 5.83. The van der Waals surface area contributed by atoms with E-state index in [0.29, 0.717) is 6.07 Å². The second-order valence-electron chi connectivity index (χ2n) is 3.47. The highest BCUT2D eigenvalue weighted by molar-refractivity contribution is 5.42. The molecule has 6 nitrogen and oxygen atoms in total. The molecule has 0 saturated heterocycles. The van der Waals surface area contributed by atoms with Crippen molar-refractivity contribution < 1.29 is 23.0 Å². The fourth-order valence-electron chi connectivity index (χ4n) is 1.24. The summed E-state index contributed by atoms with van der Waals surface area (Å²) >= 11 is 0. The number of halogens is 3. The monoisotopic (exact) mass is 266 g/mol. The molecule has 0 aromatic carbocycles. The van der Waals surface area contributed by atoms with Crippen molar-refractivity contribution in [2.45, 2.75) is 12.2 Å². The molecule has 1 atom stereocenters. The van der Waals surface area contributed by atoms with Gasteiger partial charge < -0.3 is 20.9 Å². The van der Waals surface area contributed by atoms with Crippen molar-refractivity contribution in [1.82, 2.24) is 9.97 Å². The normalized spacial score (nSPS) is 13.4. The van der Waals surface area contributed by atoms with Crippen LogP contribution in [-0.2, 0) is 10.9 Å². The van der Waals surface area contributed by atoms with Gasteiger partial charge in [0.05, 0.1) is 19.3 Å². The summed E-state index contributed by atoms with van der Waals surface area (Å²) in [5.41, 5.74) is 4.04. The first-order valence-electron chi connectivity index (χ1n) is 4.95. The number of hydrogen-bond donors (Lipinski definition) is 3. The van der Waals surface area contributed by atoms with Crippen LogP contribution in [0.5, 0.6) is 0 Å². The Labute approximate surface area is 101 Å². The Bertz CT molecular complexity index is 400. The van der Waals surface area contributed by atoms with Crippen molar-refractivity contribution in [2.75, 3.05) is 31.4 Å². The molecule has 0 aliphatic carbocycles. The topological polar surface area (TPSA) is 93.3 Å². The maximum Gasteiger partial charge on any atom is 0.433 e. The number of nitrogens with two attached hydrogens (primary N) is 1. The number of hydrogen-bond acceptors (Lipinski definition) is 6. The third-order valence-corrected chi connectivity index (χ3v) is 1.97. The van der Waals surface area contributed by atoms with E-state index in [1.54, 1.807) is 0 Å². The Morgan fingerprint density at radius 2 is 2.17 bits per heavy atom. The fourth-order valence-corrected chi connectivity index (χ4v) is 1.24. The molecule has 1 heterocycles. The van der Waals surface area contributed by atoms with Gasteiger partial charge in [-0.15, -0.1) is 0 Å². The predicted molar refractivity (Wildman–Crippen MR) is 57.8 cm³/mol. The van der Waals surface area contributed by atoms with Crippen LogP contribution in [0.1, 0.15) is 5.69 Å². The molecule has 0 aliphatic heterocycles. The molecule has 1 aromatic rings. The molecule has 1 unspecified atom stereocenters. The molecule has 0 saturated carbocycles. The van der Waals surface area contributed by atoms with Gasteiger partial charge in [-0.25, -0.2) is 4.98 Å². The number of alkyl halides is 3. The maximum absolute atomic E-state index is 12.5. The average Bonchev–Trinajstić information content (AvgIpc) is 2.26. The van der Waals surface area contributed by atoms with Gasteiger partial charge in [0.15, 0.2) is 5.69 Å². The Balaban J connectivity index is 2.92. The summed E-state index contributed by atoms with van der Waals surface area (Å²) in [7, 11) is 1.40. The molecule has 0 fully saturated rings. The Morgan fingerprint density at radius 3 is 2.67 bits per heavy atom. The summed E-state index contributed by atoms with van der Waals surface area (Å²) in [6, 6.07) is 0.139. The van der Waals surface area contributed by atoms with E-state index in [9.17, 15) is 13.2 Å². The fraction of sp³-hybridized carbons (Fsp3) is 0.556. The third-order valence-electron chi connectivity index (χ3n) is 1.97. The zero-order chi connectivity index (χ0) is 13.8.